The first-order chi connectivity index (χ1) is 4.31. The van der Waals surface area contributed by atoms with Gasteiger partial charge in [-0.05, 0) is 5.92 Å². The van der Waals surface area contributed by atoms with E-state index in [0.717, 1.165) is 11.0 Å². The Balaban J connectivity index is 2.88. The predicted octanol–water partition coefficient (Wildman–Crippen LogP) is 1.68. The SMILES string of the molecule is COCOC[C@@H](C)CI. The Morgan fingerprint density at radius 2 is 2.22 bits per heavy atom. The lowest BCUT2D eigenvalue weighted by Crippen LogP contribution is -2.08. The third kappa shape index (κ3) is 6.54. The average Bonchev–Trinajstić information content (AvgIpc) is 1.89. The smallest absolute Gasteiger partial charge is 0.146 e. The van der Waals surface area contributed by atoms with E-state index in [-0.39, 0.29) is 0 Å². The second-order valence-corrected chi connectivity index (χ2v) is 2.92. The topological polar surface area (TPSA) is 18.5 Å². The summed E-state index contributed by atoms with van der Waals surface area (Å²) < 4.78 is 11.0. The standard InChI is InChI=1S/C6H13IO2/c1-6(3-7)4-9-5-8-2/h6H,3-5H2,1-2H3/t6-/m0/s1. The Kier molecular flexibility index (Phi) is 7.25. The normalized spacial score (nSPS) is 13.7. The van der Waals surface area contributed by atoms with E-state index in [0.29, 0.717) is 12.7 Å². The molecule has 0 amide bonds. The van der Waals surface area contributed by atoms with E-state index >= 15 is 0 Å². The van der Waals surface area contributed by atoms with Crippen LogP contribution in [0.3, 0.4) is 0 Å². The molecule has 1 atom stereocenters. The maximum atomic E-state index is 5.11. The molecule has 0 aliphatic carbocycles. The third-order valence-corrected chi connectivity index (χ3v) is 2.37. The number of halogens is 1. The molecule has 9 heavy (non-hydrogen) atoms. The van der Waals surface area contributed by atoms with Gasteiger partial charge < -0.3 is 9.47 Å². The molecular weight excluding hydrogens is 231 g/mol. The Labute approximate surface area is 70.1 Å². The lowest BCUT2D eigenvalue weighted by atomic mass is 10.2. The van der Waals surface area contributed by atoms with E-state index in [2.05, 4.69) is 29.5 Å². The Bertz CT molecular complexity index is 59.0. The molecule has 0 heterocycles. The molecule has 0 aliphatic heterocycles. The summed E-state index contributed by atoms with van der Waals surface area (Å²) in [5, 5.41) is 0. The van der Waals surface area contributed by atoms with Crippen molar-refractivity contribution in [3.05, 3.63) is 0 Å². The largest absolute Gasteiger partial charge is 0.359 e. The molecule has 0 aromatic heterocycles. The second-order valence-electron chi connectivity index (χ2n) is 2.04. The highest BCUT2D eigenvalue weighted by Crippen LogP contribution is 1.99. The van der Waals surface area contributed by atoms with Crippen molar-refractivity contribution in [3.63, 3.8) is 0 Å². The van der Waals surface area contributed by atoms with Gasteiger partial charge in [-0.15, -0.1) is 0 Å². The monoisotopic (exact) mass is 244 g/mol. The van der Waals surface area contributed by atoms with Crippen molar-refractivity contribution in [1.82, 2.24) is 0 Å². The molecule has 2 nitrogen and oxygen atoms in total. The molecular formula is C6H13IO2. The van der Waals surface area contributed by atoms with Crippen molar-refractivity contribution in [1.29, 1.82) is 0 Å². The quantitative estimate of drug-likeness (QED) is 0.317. The van der Waals surface area contributed by atoms with Crippen molar-refractivity contribution >= 4 is 22.6 Å². The Hall–Kier alpha value is 0.650. The number of rotatable bonds is 5. The summed E-state index contributed by atoms with van der Waals surface area (Å²) in [6, 6.07) is 0. The molecule has 56 valence electrons. The van der Waals surface area contributed by atoms with Crippen molar-refractivity contribution in [2.75, 3.05) is 24.9 Å². The molecule has 0 radical (unpaired) electrons. The van der Waals surface area contributed by atoms with Gasteiger partial charge in [-0.1, -0.05) is 29.5 Å². The minimum Gasteiger partial charge on any atom is -0.359 e. The van der Waals surface area contributed by atoms with Gasteiger partial charge in [-0.25, -0.2) is 0 Å². The van der Waals surface area contributed by atoms with E-state index in [1.807, 2.05) is 0 Å². The fraction of sp³-hybridized carbons (Fsp3) is 1.00. The van der Waals surface area contributed by atoms with E-state index in [1.54, 1.807) is 7.11 Å². The minimum absolute atomic E-state index is 0.418. The molecule has 0 rings (SSSR count). The summed E-state index contributed by atoms with van der Waals surface area (Å²) in [5.74, 6) is 0.640. The summed E-state index contributed by atoms with van der Waals surface area (Å²) in [6.07, 6.45) is 0. The fourth-order valence-corrected chi connectivity index (χ4v) is 0.631. The molecule has 0 unspecified atom stereocenters. The van der Waals surface area contributed by atoms with E-state index in [9.17, 15) is 0 Å². The molecule has 0 aliphatic rings. The predicted molar refractivity (Wildman–Crippen MR) is 45.9 cm³/mol. The van der Waals surface area contributed by atoms with Crippen LogP contribution in [0.2, 0.25) is 0 Å². The summed E-state index contributed by atoms with van der Waals surface area (Å²) >= 11 is 2.34. The summed E-state index contributed by atoms with van der Waals surface area (Å²) in [6.45, 7) is 3.37. The first-order valence-electron chi connectivity index (χ1n) is 2.94. The summed E-state index contributed by atoms with van der Waals surface area (Å²) in [5.41, 5.74) is 0. The lowest BCUT2D eigenvalue weighted by molar-refractivity contribution is -0.0389. The highest BCUT2D eigenvalue weighted by Gasteiger charge is 1.97. The van der Waals surface area contributed by atoms with Crippen molar-refractivity contribution in [2.24, 2.45) is 5.92 Å². The van der Waals surface area contributed by atoms with Crippen LogP contribution in [0.15, 0.2) is 0 Å². The summed E-state index contributed by atoms with van der Waals surface area (Å²) in [4.78, 5) is 0. The van der Waals surface area contributed by atoms with Gasteiger partial charge in [0.05, 0.1) is 6.61 Å². The van der Waals surface area contributed by atoms with Crippen LogP contribution in [0.4, 0.5) is 0 Å². The molecule has 3 heteroatoms. The van der Waals surface area contributed by atoms with E-state index in [1.165, 1.54) is 0 Å². The van der Waals surface area contributed by atoms with Gasteiger partial charge in [0.1, 0.15) is 6.79 Å². The van der Waals surface area contributed by atoms with Gasteiger partial charge >= 0.3 is 0 Å². The fourth-order valence-electron chi connectivity index (χ4n) is 0.377. The summed E-state index contributed by atoms with van der Waals surface area (Å²) in [7, 11) is 1.63. The van der Waals surface area contributed by atoms with Gasteiger partial charge in [0.15, 0.2) is 0 Å². The van der Waals surface area contributed by atoms with Crippen molar-refractivity contribution in [2.45, 2.75) is 6.92 Å². The van der Waals surface area contributed by atoms with Crippen LogP contribution in [-0.2, 0) is 9.47 Å². The van der Waals surface area contributed by atoms with Crippen LogP contribution in [0.5, 0.6) is 0 Å². The third-order valence-electron chi connectivity index (χ3n) is 0.867. The number of ether oxygens (including phenoxy) is 2. The van der Waals surface area contributed by atoms with Crippen LogP contribution in [0, 0.1) is 5.92 Å². The maximum Gasteiger partial charge on any atom is 0.146 e. The van der Waals surface area contributed by atoms with Crippen LogP contribution in [0.25, 0.3) is 0 Å². The molecule has 0 N–H and O–H groups in total. The number of alkyl halides is 1. The van der Waals surface area contributed by atoms with E-state index in [4.69, 9.17) is 9.47 Å². The molecule has 0 bridgehead atoms. The first-order valence-corrected chi connectivity index (χ1v) is 4.46. The lowest BCUT2D eigenvalue weighted by Gasteiger charge is -2.06. The molecule has 0 aromatic rings. The van der Waals surface area contributed by atoms with Crippen molar-refractivity contribution in [3.8, 4) is 0 Å². The zero-order valence-corrected chi connectivity index (χ0v) is 8.05. The maximum absolute atomic E-state index is 5.11. The van der Waals surface area contributed by atoms with Gasteiger partial charge in [0.25, 0.3) is 0 Å². The number of methoxy groups -OCH3 is 1. The van der Waals surface area contributed by atoms with Gasteiger partial charge in [-0.3, -0.25) is 0 Å². The van der Waals surface area contributed by atoms with Crippen LogP contribution < -0.4 is 0 Å². The van der Waals surface area contributed by atoms with Gasteiger partial charge in [-0.2, -0.15) is 0 Å². The Morgan fingerprint density at radius 1 is 1.56 bits per heavy atom. The molecule has 0 aromatic carbocycles. The first kappa shape index (κ1) is 9.65. The molecule has 0 saturated carbocycles. The zero-order valence-electron chi connectivity index (χ0n) is 5.89. The number of hydrogen-bond acceptors (Lipinski definition) is 2. The number of hydrogen-bond donors (Lipinski definition) is 0. The zero-order chi connectivity index (χ0) is 7.11. The molecule has 0 fully saturated rings. The van der Waals surface area contributed by atoms with Crippen molar-refractivity contribution < 1.29 is 9.47 Å². The van der Waals surface area contributed by atoms with Gasteiger partial charge in [0, 0.05) is 11.5 Å². The van der Waals surface area contributed by atoms with Crippen LogP contribution in [-0.4, -0.2) is 24.9 Å². The molecule has 0 spiro atoms. The Morgan fingerprint density at radius 3 is 2.67 bits per heavy atom. The second kappa shape index (κ2) is 6.77. The molecule has 0 saturated heterocycles. The van der Waals surface area contributed by atoms with E-state index < -0.39 is 0 Å². The van der Waals surface area contributed by atoms with Gasteiger partial charge in [0.2, 0.25) is 0 Å². The average molecular weight is 244 g/mol. The van der Waals surface area contributed by atoms with Crippen LogP contribution >= 0.6 is 22.6 Å². The van der Waals surface area contributed by atoms with Crippen LogP contribution in [0.1, 0.15) is 6.92 Å². The highest BCUT2D eigenvalue weighted by atomic mass is 127. The minimum atomic E-state index is 0.418. The highest BCUT2D eigenvalue weighted by molar-refractivity contribution is 14.1.